The number of aromatic nitrogens is 2. The molecule has 0 radical (unpaired) electrons. The summed E-state index contributed by atoms with van der Waals surface area (Å²) in [5.41, 5.74) is -0.726. The first-order chi connectivity index (χ1) is 16.7. The summed E-state index contributed by atoms with van der Waals surface area (Å²) in [7, 11) is 1.42. The lowest BCUT2D eigenvalue weighted by atomic mass is 10.0. The molecule has 0 saturated heterocycles. The Hall–Kier alpha value is -4.67. The molecule has 0 bridgehead atoms. The van der Waals surface area contributed by atoms with Gasteiger partial charge in [0.1, 0.15) is 5.69 Å². The number of rotatable bonds is 9. The molecule has 1 amide bonds. The van der Waals surface area contributed by atoms with Gasteiger partial charge in [-0.3, -0.25) is 24.7 Å². The maximum Gasteiger partial charge on any atom is 0.357 e. The van der Waals surface area contributed by atoms with Crippen molar-refractivity contribution in [3.8, 4) is 11.5 Å². The topological polar surface area (TPSA) is 156 Å². The lowest BCUT2D eigenvalue weighted by Crippen LogP contribution is -2.25. The van der Waals surface area contributed by atoms with E-state index >= 15 is 0 Å². The molecule has 11 nitrogen and oxygen atoms in total. The summed E-state index contributed by atoms with van der Waals surface area (Å²) in [6.45, 7) is 3.82. The minimum absolute atomic E-state index is 0.238. The predicted molar refractivity (Wildman–Crippen MR) is 131 cm³/mol. The van der Waals surface area contributed by atoms with Crippen LogP contribution in [0.2, 0.25) is 0 Å². The maximum atomic E-state index is 12.4. The molecular weight excluding hydrogens is 456 g/mol. The van der Waals surface area contributed by atoms with Crippen molar-refractivity contribution < 1.29 is 19.2 Å². The summed E-state index contributed by atoms with van der Waals surface area (Å²) in [6.07, 6.45) is 2.70. The Morgan fingerprint density at radius 1 is 1.11 bits per heavy atom. The third kappa shape index (κ3) is 6.22. The highest BCUT2D eigenvalue weighted by Crippen LogP contribution is 2.29. The molecule has 0 unspecified atom stereocenters. The number of methoxy groups -OCH3 is 1. The summed E-state index contributed by atoms with van der Waals surface area (Å²) in [5.74, 6) is 0.528. The standard InChI is InChI=1S/C24H24N4O7/c1-14(2)16-6-4-5-7-17(16)25-21(29)13-35-19-11-9-15(12-20(19)34-3)8-10-18-22(28(32)33)23(30)27-24(31)26-18/h4-12,14H,13H2,1-3H3,(H,25,29)(H2,26,27,30,31)/b10-8+. The number of carbonyl (C=O) groups excluding carboxylic acids is 1. The van der Waals surface area contributed by atoms with Crippen LogP contribution in [0, 0.1) is 10.1 Å². The average Bonchev–Trinajstić information content (AvgIpc) is 2.81. The predicted octanol–water partition coefficient (Wildman–Crippen LogP) is 3.29. The highest BCUT2D eigenvalue weighted by molar-refractivity contribution is 5.92. The third-order valence-electron chi connectivity index (χ3n) is 4.97. The minimum atomic E-state index is -1.10. The molecule has 0 fully saturated rings. The highest BCUT2D eigenvalue weighted by Gasteiger charge is 2.19. The molecule has 35 heavy (non-hydrogen) atoms. The lowest BCUT2D eigenvalue weighted by Gasteiger charge is -2.15. The molecule has 1 aromatic heterocycles. The van der Waals surface area contributed by atoms with E-state index in [1.807, 2.05) is 43.1 Å². The van der Waals surface area contributed by atoms with Crippen LogP contribution in [-0.2, 0) is 4.79 Å². The van der Waals surface area contributed by atoms with E-state index in [2.05, 4.69) is 10.3 Å². The quantitative estimate of drug-likeness (QED) is 0.313. The number of aromatic amines is 2. The Bertz CT molecular complexity index is 1390. The fraction of sp³-hybridized carbons (Fsp3) is 0.208. The molecule has 0 aliphatic rings. The van der Waals surface area contributed by atoms with Gasteiger partial charge < -0.3 is 19.8 Å². The number of H-pyrrole nitrogens is 2. The molecule has 3 N–H and O–H groups in total. The SMILES string of the molecule is COc1cc(/C=C/c2[nH]c(=O)[nH]c(=O)c2[N+](=O)[O-])ccc1OCC(=O)Nc1ccccc1C(C)C. The molecule has 0 saturated carbocycles. The van der Waals surface area contributed by atoms with Crippen LogP contribution in [0.1, 0.15) is 36.6 Å². The Labute approximate surface area is 199 Å². The van der Waals surface area contributed by atoms with E-state index in [1.165, 1.54) is 19.3 Å². The van der Waals surface area contributed by atoms with E-state index in [9.17, 15) is 24.5 Å². The van der Waals surface area contributed by atoms with Crippen molar-refractivity contribution in [3.05, 3.63) is 90.2 Å². The number of para-hydroxylation sites is 1. The Balaban J connectivity index is 1.74. The van der Waals surface area contributed by atoms with Crippen LogP contribution in [-0.4, -0.2) is 34.5 Å². The van der Waals surface area contributed by atoms with Crippen LogP contribution in [0.25, 0.3) is 12.2 Å². The van der Waals surface area contributed by atoms with Crippen molar-refractivity contribution in [1.29, 1.82) is 0 Å². The van der Waals surface area contributed by atoms with Gasteiger partial charge in [-0.2, -0.15) is 0 Å². The monoisotopic (exact) mass is 480 g/mol. The van der Waals surface area contributed by atoms with Gasteiger partial charge in [-0.15, -0.1) is 0 Å². The summed E-state index contributed by atoms with van der Waals surface area (Å²) in [4.78, 5) is 50.0. The van der Waals surface area contributed by atoms with Crippen LogP contribution in [0.5, 0.6) is 11.5 Å². The zero-order valence-corrected chi connectivity index (χ0v) is 19.3. The first kappa shape index (κ1) is 25.0. The van der Waals surface area contributed by atoms with Crippen molar-refractivity contribution in [1.82, 2.24) is 9.97 Å². The number of carbonyl (C=O) groups is 1. The molecule has 0 aliphatic heterocycles. The fourth-order valence-corrected chi connectivity index (χ4v) is 3.33. The number of hydrogen-bond donors (Lipinski definition) is 3. The molecule has 182 valence electrons. The second-order valence-electron chi connectivity index (χ2n) is 7.75. The first-order valence-electron chi connectivity index (χ1n) is 10.6. The number of hydrogen-bond acceptors (Lipinski definition) is 7. The van der Waals surface area contributed by atoms with Crippen LogP contribution >= 0.6 is 0 Å². The van der Waals surface area contributed by atoms with Gasteiger partial charge in [0.2, 0.25) is 0 Å². The van der Waals surface area contributed by atoms with E-state index in [0.717, 1.165) is 11.3 Å². The Morgan fingerprint density at radius 2 is 1.86 bits per heavy atom. The number of anilines is 1. The van der Waals surface area contributed by atoms with E-state index in [-0.39, 0.29) is 24.1 Å². The van der Waals surface area contributed by atoms with Gasteiger partial charge in [0.05, 0.1) is 12.0 Å². The molecule has 0 aliphatic carbocycles. The van der Waals surface area contributed by atoms with Crippen molar-refractivity contribution in [2.75, 3.05) is 19.0 Å². The van der Waals surface area contributed by atoms with Crippen molar-refractivity contribution in [2.45, 2.75) is 19.8 Å². The Morgan fingerprint density at radius 3 is 2.54 bits per heavy atom. The molecule has 2 aromatic carbocycles. The van der Waals surface area contributed by atoms with Gasteiger partial charge in [-0.1, -0.05) is 44.2 Å². The van der Waals surface area contributed by atoms with Crippen molar-refractivity contribution in [3.63, 3.8) is 0 Å². The molecule has 1 heterocycles. The van der Waals surface area contributed by atoms with Crippen molar-refractivity contribution in [2.24, 2.45) is 0 Å². The van der Waals surface area contributed by atoms with Gasteiger partial charge in [0.25, 0.3) is 5.91 Å². The Kier molecular flexibility index (Phi) is 7.82. The fourth-order valence-electron chi connectivity index (χ4n) is 3.33. The maximum absolute atomic E-state index is 12.4. The number of nitrogens with zero attached hydrogens (tertiary/aromatic N) is 1. The van der Waals surface area contributed by atoms with Gasteiger partial charge in [-0.25, -0.2) is 4.79 Å². The number of amides is 1. The molecule has 0 atom stereocenters. The van der Waals surface area contributed by atoms with E-state index < -0.39 is 21.9 Å². The first-order valence-corrected chi connectivity index (χ1v) is 10.6. The van der Waals surface area contributed by atoms with Crippen LogP contribution in [0.3, 0.4) is 0 Å². The van der Waals surface area contributed by atoms with Crippen molar-refractivity contribution >= 4 is 29.4 Å². The number of benzene rings is 2. The molecular formula is C24H24N4O7. The van der Waals surface area contributed by atoms with E-state index in [4.69, 9.17) is 9.47 Å². The summed E-state index contributed by atoms with van der Waals surface area (Å²) in [6, 6.07) is 12.3. The number of ether oxygens (including phenoxy) is 2. The highest BCUT2D eigenvalue weighted by atomic mass is 16.6. The second-order valence-corrected chi connectivity index (χ2v) is 7.75. The van der Waals surface area contributed by atoms with E-state index in [1.54, 1.807) is 18.2 Å². The van der Waals surface area contributed by atoms with Gasteiger partial charge in [-0.05, 0) is 41.3 Å². The molecule has 3 rings (SSSR count). The van der Waals surface area contributed by atoms with Gasteiger partial charge in [0.15, 0.2) is 18.1 Å². The minimum Gasteiger partial charge on any atom is -0.493 e. The van der Waals surface area contributed by atoms with Crippen LogP contribution < -0.4 is 26.0 Å². The zero-order chi connectivity index (χ0) is 25.5. The zero-order valence-electron chi connectivity index (χ0n) is 19.3. The number of nitro groups is 1. The van der Waals surface area contributed by atoms with E-state index in [0.29, 0.717) is 17.1 Å². The molecule has 0 spiro atoms. The smallest absolute Gasteiger partial charge is 0.357 e. The molecule has 3 aromatic rings. The third-order valence-corrected chi connectivity index (χ3v) is 4.97. The summed E-state index contributed by atoms with van der Waals surface area (Å²) in [5, 5.41) is 14.0. The molecule has 11 heteroatoms. The number of nitrogens with one attached hydrogen (secondary N) is 3. The lowest BCUT2D eigenvalue weighted by molar-refractivity contribution is -0.386. The second kappa shape index (κ2) is 11.0. The summed E-state index contributed by atoms with van der Waals surface area (Å²) < 4.78 is 10.9. The summed E-state index contributed by atoms with van der Waals surface area (Å²) >= 11 is 0. The van der Waals surface area contributed by atoms with Gasteiger partial charge in [0, 0.05) is 5.69 Å². The normalized spacial score (nSPS) is 11.0. The van der Waals surface area contributed by atoms with Crippen LogP contribution in [0.15, 0.2) is 52.1 Å². The average molecular weight is 480 g/mol. The van der Waals surface area contributed by atoms with Gasteiger partial charge >= 0.3 is 16.9 Å². The largest absolute Gasteiger partial charge is 0.493 e. The van der Waals surface area contributed by atoms with Crippen LogP contribution in [0.4, 0.5) is 11.4 Å².